The molecule has 1 amide bonds. The van der Waals surface area contributed by atoms with Gasteiger partial charge in [0.15, 0.2) is 0 Å². The zero-order valence-electron chi connectivity index (χ0n) is 19.8. The molecule has 0 aliphatic heterocycles. The van der Waals surface area contributed by atoms with Gasteiger partial charge >= 0.3 is 6.18 Å². The van der Waals surface area contributed by atoms with Crippen LogP contribution in [0.4, 0.5) is 19.1 Å². The molecule has 5 rings (SSSR count). The van der Waals surface area contributed by atoms with Crippen LogP contribution < -0.4 is 10.6 Å². The van der Waals surface area contributed by atoms with E-state index in [0.717, 1.165) is 49.1 Å². The van der Waals surface area contributed by atoms with Crippen molar-refractivity contribution in [3.63, 3.8) is 0 Å². The van der Waals surface area contributed by atoms with Crippen LogP contribution in [0, 0.1) is 0 Å². The molecule has 190 valence electrons. The Morgan fingerprint density at radius 2 is 2.03 bits per heavy atom. The smallest absolute Gasteiger partial charge is 0.381 e. The number of nitrogens with one attached hydrogen (secondary N) is 3. The summed E-state index contributed by atoms with van der Waals surface area (Å²) in [6, 6.07) is 1.83. The Labute approximate surface area is 204 Å². The van der Waals surface area contributed by atoms with Crippen molar-refractivity contribution < 1.29 is 22.7 Å². The van der Waals surface area contributed by atoms with Crippen LogP contribution in [0.5, 0.6) is 0 Å². The summed E-state index contributed by atoms with van der Waals surface area (Å²) in [5, 5.41) is 10.3. The van der Waals surface area contributed by atoms with Crippen LogP contribution in [-0.2, 0) is 4.74 Å². The molecule has 9 nitrogen and oxygen atoms in total. The lowest BCUT2D eigenvalue weighted by atomic mass is 9.93. The normalized spacial score (nSPS) is 19.5. The van der Waals surface area contributed by atoms with Crippen LogP contribution in [0.25, 0.3) is 27.7 Å². The number of ether oxygens (including phenoxy) is 1. The molecular weight excluding hydrogens is 475 g/mol. The molecule has 0 radical (unpaired) electrons. The van der Waals surface area contributed by atoms with Crippen molar-refractivity contribution in [2.24, 2.45) is 0 Å². The van der Waals surface area contributed by atoms with Gasteiger partial charge in [-0.25, -0.2) is 9.50 Å². The van der Waals surface area contributed by atoms with Gasteiger partial charge in [-0.15, -0.1) is 0 Å². The Kier molecular flexibility index (Phi) is 6.29. The van der Waals surface area contributed by atoms with Crippen molar-refractivity contribution in [2.75, 3.05) is 12.4 Å². The molecule has 1 fully saturated rings. The number of aromatic amines is 1. The second-order valence-electron chi connectivity index (χ2n) is 9.05. The van der Waals surface area contributed by atoms with Crippen LogP contribution >= 0.6 is 0 Å². The maximum atomic E-state index is 12.9. The SMILES string of the molecule is COC1CCC(Nc2ncc3c(-c4ccn5ncc(C(=O)N[C@H](C)C(F)(F)F)c5c4)c[nH]c3n2)CC1. The zero-order chi connectivity index (χ0) is 25.4. The van der Waals surface area contributed by atoms with Crippen LogP contribution in [0.1, 0.15) is 43.0 Å². The Bertz CT molecular complexity index is 1390. The first-order valence-corrected chi connectivity index (χ1v) is 11.7. The van der Waals surface area contributed by atoms with Crippen molar-refractivity contribution in [3.05, 3.63) is 42.5 Å². The van der Waals surface area contributed by atoms with Gasteiger partial charge in [0, 0.05) is 42.7 Å². The lowest BCUT2D eigenvalue weighted by Crippen LogP contribution is -2.43. The molecule has 1 atom stereocenters. The number of H-pyrrole nitrogens is 1. The molecule has 36 heavy (non-hydrogen) atoms. The van der Waals surface area contributed by atoms with Crippen molar-refractivity contribution in [1.82, 2.24) is 29.9 Å². The first-order valence-electron chi connectivity index (χ1n) is 11.7. The molecule has 0 bridgehead atoms. The summed E-state index contributed by atoms with van der Waals surface area (Å²) in [5.41, 5.74) is 2.64. The number of anilines is 1. The lowest BCUT2D eigenvalue weighted by molar-refractivity contribution is -0.149. The highest BCUT2D eigenvalue weighted by Crippen LogP contribution is 2.30. The second-order valence-corrected chi connectivity index (χ2v) is 9.05. The minimum absolute atomic E-state index is 0.0544. The Morgan fingerprint density at radius 1 is 1.25 bits per heavy atom. The van der Waals surface area contributed by atoms with Crippen LogP contribution in [-0.4, -0.2) is 61.9 Å². The molecule has 0 aromatic carbocycles. The number of nitrogens with zero attached hydrogens (tertiary/aromatic N) is 4. The maximum Gasteiger partial charge on any atom is 0.408 e. The standard InChI is InChI=1S/C24H26F3N7O2/c1-13(24(25,26)27)31-22(35)19-12-30-34-8-7-14(9-20(19)34)17-10-28-21-18(17)11-29-23(33-21)32-15-3-5-16(36-2)6-4-15/h7-13,15-16H,3-6H2,1-2H3,(H,31,35)(H2,28,29,32,33)/t13-,15?,16?/m1/s1. The van der Waals surface area contributed by atoms with E-state index in [1.54, 1.807) is 31.8 Å². The average molecular weight is 502 g/mol. The topological polar surface area (TPSA) is 109 Å². The number of rotatable bonds is 6. The van der Waals surface area contributed by atoms with Gasteiger partial charge in [0.1, 0.15) is 11.7 Å². The maximum absolute atomic E-state index is 12.9. The summed E-state index contributed by atoms with van der Waals surface area (Å²) >= 11 is 0. The minimum atomic E-state index is -4.54. The quantitative estimate of drug-likeness (QED) is 0.363. The van der Waals surface area contributed by atoms with Crippen LogP contribution in [0.2, 0.25) is 0 Å². The van der Waals surface area contributed by atoms with Gasteiger partial charge in [0.25, 0.3) is 5.91 Å². The summed E-state index contributed by atoms with van der Waals surface area (Å²) in [6.45, 7) is 0.898. The molecular formula is C24H26F3N7O2. The number of hydrogen-bond acceptors (Lipinski definition) is 6. The van der Waals surface area contributed by atoms with Crippen molar-refractivity contribution >= 4 is 28.4 Å². The molecule has 4 aromatic rings. The van der Waals surface area contributed by atoms with Gasteiger partial charge in [-0.1, -0.05) is 0 Å². The zero-order valence-corrected chi connectivity index (χ0v) is 19.8. The molecule has 1 saturated carbocycles. The fourth-order valence-electron chi connectivity index (χ4n) is 4.52. The van der Waals surface area contributed by atoms with E-state index in [1.165, 1.54) is 10.7 Å². The largest absolute Gasteiger partial charge is 0.408 e. The number of carbonyl (C=O) groups excluding carboxylic acids is 1. The first-order chi connectivity index (χ1) is 17.2. The van der Waals surface area contributed by atoms with E-state index in [2.05, 4.69) is 25.4 Å². The third kappa shape index (κ3) is 4.72. The summed E-state index contributed by atoms with van der Waals surface area (Å²) in [4.78, 5) is 24.8. The highest BCUT2D eigenvalue weighted by molar-refractivity contribution is 6.02. The average Bonchev–Trinajstić information content (AvgIpc) is 3.47. The van der Waals surface area contributed by atoms with Gasteiger partial charge in [0.05, 0.1) is 23.4 Å². The van der Waals surface area contributed by atoms with E-state index in [9.17, 15) is 18.0 Å². The number of halogens is 3. The molecule has 1 aliphatic rings. The number of hydrogen-bond donors (Lipinski definition) is 3. The van der Waals surface area contributed by atoms with Gasteiger partial charge in [-0.2, -0.15) is 23.3 Å². The van der Waals surface area contributed by atoms with Crippen molar-refractivity contribution in [2.45, 2.75) is 57.0 Å². The molecule has 0 saturated heterocycles. The fraction of sp³-hybridized carbons (Fsp3) is 0.417. The van der Waals surface area contributed by atoms with E-state index in [4.69, 9.17) is 4.74 Å². The first kappa shape index (κ1) is 24.0. The fourth-order valence-corrected chi connectivity index (χ4v) is 4.52. The summed E-state index contributed by atoms with van der Waals surface area (Å²) in [7, 11) is 1.74. The van der Waals surface area contributed by atoms with E-state index in [1.807, 2.05) is 11.4 Å². The number of methoxy groups -OCH3 is 1. The summed E-state index contributed by atoms with van der Waals surface area (Å²) in [5.74, 6) is -0.301. The predicted molar refractivity (Wildman–Crippen MR) is 128 cm³/mol. The Hall–Kier alpha value is -3.67. The molecule has 12 heteroatoms. The summed E-state index contributed by atoms with van der Waals surface area (Å²) < 4.78 is 45.6. The molecule has 0 unspecified atom stereocenters. The van der Waals surface area contributed by atoms with E-state index in [-0.39, 0.29) is 11.6 Å². The van der Waals surface area contributed by atoms with E-state index >= 15 is 0 Å². The van der Waals surface area contributed by atoms with Crippen LogP contribution in [0.15, 0.2) is 36.9 Å². The predicted octanol–water partition coefficient (Wildman–Crippen LogP) is 4.32. The number of pyridine rings is 1. The highest BCUT2D eigenvalue weighted by atomic mass is 19.4. The lowest BCUT2D eigenvalue weighted by Gasteiger charge is -2.28. The number of amides is 1. The van der Waals surface area contributed by atoms with Gasteiger partial charge in [0.2, 0.25) is 5.95 Å². The highest BCUT2D eigenvalue weighted by Gasteiger charge is 2.37. The number of carbonyl (C=O) groups is 1. The minimum Gasteiger partial charge on any atom is -0.381 e. The van der Waals surface area contributed by atoms with Crippen molar-refractivity contribution in [3.8, 4) is 11.1 Å². The van der Waals surface area contributed by atoms with Gasteiger partial charge in [-0.05, 0) is 50.3 Å². The summed E-state index contributed by atoms with van der Waals surface area (Å²) in [6.07, 6.45) is 6.17. The van der Waals surface area contributed by atoms with Gasteiger partial charge < -0.3 is 20.4 Å². The Balaban J connectivity index is 1.38. The molecule has 1 aliphatic carbocycles. The molecule has 0 spiro atoms. The van der Waals surface area contributed by atoms with E-state index in [0.29, 0.717) is 23.2 Å². The monoisotopic (exact) mass is 501 g/mol. The number of aromatic nitrogens is 5. The van der Waals surface area contributed by atoms with Crippen molar-refractivity contribution in [1.29, 1.82) is 0 Å². The molecule has 4 heterocycles. The van der Waals surface area contributed by atoms with Gasteiger partial charge in [-0.3, -0.25) is 4.79 Å². The number of alkyl halides is 3. The third-order valence-electron chi connectivity index (χ3n) is 6.69. The molecule has 4 aromatic heterocycles. The van der Waals surface area contributed by atoms with Crippen LogP contribution in [0.3, 0.4) is 0 Å². The number of fused-ring (bicyclic) bond motifs is 2. The van der Waals surface area contributed by atoms with E-state index < -0.39 is 18.1 Å². The molecule has 3 N–H and O–H groups in total. The second kappa shape index (κ2) is 9.41. The third-order valence-corrected chi connectivity index (χ3v) is 6.69. The Morgan fingerprint density at radius 3 is 2.75 bits per heavy atom.